The molecule has 0 heterocycles. The van der Waals surface area contributed by atoms with Crippen LogP contribution in [0.25, 0.3) is 0 Å². The lowest BCUT2D eigenvalue weighted by Crippen LogP contribution is -2.49. The predicted molar refractivity (Wildman–Crippen MR) is 90.9 cm³/mol. The lowest BCUT2D eigenvalue weighted by molar-refractivity contribution is -0.116. The van der Waals surface area contributed by atoms with Crippen LogP contribution >= 0.6 is 0 Å². The Kier molecular flexibility index (Phi) is 4.31. The van der Waals surface area contributed by atoms with Gasteiger partial charge in [-0.25, -0.2) is 0 Å². The molecule has 2 nitrogen and oxygen atoms in total. The Balaban J connectivity index is 2.31. The van der Waals surface area contributed by atoms with E-state index in [4.69, 9.17) is 4.43 Å². The predicted octanol–water partition coefficient (Wildman–Crippen LogP) is 5.10. The number of rotatable bonds is 2. The number of hydrogen-bond acceptors (Lipinski definition) is 2. The molecule has 120 valence electrons. The Morgan fingerprint density at radius 2 is 1.90 bits per heavy atom. The van der Waals surface area contributed by atoms with Crippen molar-refractivity contribution in [3.63, 3.8) is 0 Å². The average molecular weight is 309 g/mol. The molecule has 0 radical (unpaired) electrons. The van der Waals surface area contributed by atoms with Crippen LogP contribution in [0.4, 0.5) is 0 Å². The van der Waals surface area contributed by atoms with Crippen molar-refractivity contribution < 1.29 is 9.22 Å². The molecule has 0 aromatic carbocycles. The molecule has 1 saturated carbocycles. The van der Waals surface area contributed by atoms with Crippen LogP contribution in [-0.2, 0) is 9.22 Å². The minimum Gasteiger partial charge on any atom is -0.410 e. The van der Waals surface area contributed by atoms with Crippen LogP contribution in [0.2, 0.25) is 18.1 Å². The van der Waals surface area contributed by atoms with Gasteiger partial charge in [0.2, 0.25) is 0 Å². The van der Waals surface area contributed by atoms with Gasteiger partial charge in [0, 0.05) is 6.42 Å². The molecule has 1 fully saturated rings. The Bertz CT molecular complexity index is 458. The summed E-state index contributed by atoms with van der Waals surface area (Å²) in [6.45, 7) is 16.2. The Morgan fingerprint density at radius 3 is 2.48 bits per heavy atom. The normalized spacial score (nSPS) is 34.4. The number of carbonyl (C=O) groups is 1. The monoisotopic (exact) mass is 308 g/mol. The van der Waals surface area contributed by atoms with E-state index < -0.39 is 8.32 Å². The molecule has 0 aromatic rings. The first-order valence-electron chi connectivity index (χ1n) is 8.40. The van der Waals surface area contributed by atoms with Crippen LogP contribution in [0.5, 0.6) is 0 Å². The van der Waals surface area contributed by atoms with Crippen LogP contribution in [0.15, 0.2) is 11.6 Å². The maximum Gasteiger partial charge on any atom is 0.192 e. The van der Waals surface area contributed by atoms with Gasteiger partial charge >= 0.3 is 0 Å². The summed E-state index contributed by atoms with van der Waals surface area (Å²) in [5.41, 5.74) is 1.46. The van der Waals surface area contributed by atoms with Crippen molar-refractivity contribution >= 4 is 14.1 Å². The summed E-state index contributed by atoms with van der Waals surface area (Å²) in [5.74, 6) is 0.941. The second kappa shape index (κ2) is 5.34. The van der Waals surface area contributed by atoms with Gasteiger partial charge in [-0.3, -0.25) is 4.79 Å². The molecular weight excluding hydrogens is 276 g/mol. The largest absolute Gasteiger partial charge is 0.410 e. The first-order chi connectivity index (χ1) is 9.47. The van der Waals surface area contributed by atoms with Crippen LogP contribution in [-0.4, -0.2) is 20.2 Å². The lowest BCUT2D eigenvalue weighted by Gasteiger charge is -2.50. The maximum atomic E-state index is 12.0. The summed E-state index contributed by atoms with van der Waals surface area (Å²) in [6.07, 6.45) is 6.07. The highest BCUT2D eigenvalue weighted by Crippen LogP contribution is 2.52. The first kappa shape index (κ1) is 16.9. The summed E-state index contributed by atoms with van der Waals surface area (Å²) in [5, 5.41) is 0.214. The molecule has 0 N–H and O–H groups in total. The molecule has 2 aliphatic rings. The van der Waals surface area contributed by atoms with Gasteiger partial charge in [-0.1, -0.05) is 34.6 Å². The summed E-state index contributed by atoms with van der Waals surface area (Å²) < 4.78 is 6.69. The van der Waals surface area contributed by atoms with E-state index in [0.29, 0.717) is 18.1 Å². The summed E-state index contributed by atoms with van der Waals surface area (Å²) in [7, 11) is -1.80. The summed E-state index contributed by atoms with van der Waals surface area (Å²) in [6, 6.07) is 0. The molecule has 0 aliphatic heterocycles. The van der Waals surface area contributed by atoms with Crippen molar-refractivity contribution in [1.82, 2.24) is 0 Å². The SMILES string of the molecule is C[C@@H]1CC[C@H](O[Si](C)(C)C(C)(C)C)C2=CC(=O)CC[C@]21C. The van der Waals surface area contributed by atoms with Crippen molar-refractivity contribution in [1.29, 1.82) is 0 Å². The third-order valence-electron chi connectivity index (χ3n) is 6.41. The van der Waals surface area contributed by atoms with Crippen LogP contribution in [0.1, 0.15) is 60.3 Å². The Morgan fingerprint density at radius 1 is 1.29 bits per heavy atom. The maximum absolute atomic E-state index is 12.0. The zero-order valence-electron chi connectivity index (χ0n) is 14.9. The molecular formula is C18H32O2Si. The summed E-state index contributed by atoms with van der Waals surface area (Å²) >= 11 is 0. The van der Waals surface area contributed by atoms with Crippen molar-refractivity contribution in [2.45, 2.75) is 84.5 Å². The molecule has 21 heavy (non-hydrogen) atoms. The highest BCUT2D eigenvalue weighted by molar-refractivity contribution is 6.74. The zero-order chi connectivity index (χ0) is 16.1. The van der Waals surface area contributed by atoms with Crippen LogP contribution < -0.4 is 0 Å². The minimum absolute atomic E-state index is 0.163. The van der Waals surface area contributed by atoms with Crippen molar-refractivity contribution in [3.05, 3.63) is 11.6 Å². The van der Waals surface area contributed by atoms with Gasteiger partial charge in [-0.2, -0.15) is 0 Å². The second-order valence-corrected chi connectivity index (χ2v) is 13.6. The molecule has 0 bridgehead atoms. The molecule has 0 spiro atoms. The van der Waals surface area contributed by atoms with Gasteiger partial charge in [0.15, 0.2) is 14.1 Å². The van der Waals surface area contributed by atoms with Gasteiger partial charge < -0.3 is 4.43 Å². The first-order valence-corrected chi connectivity index (χ1v) is 11.3. The quantitative estimate of drug-likeness (QED) is 0.663. The van der Waals surface area contributed by atoms with Gasteiger partial charge in [-0.05, 0) is 60.4 Å². The van der Waals surface area contributed by atoms with E-state index in [-0.39, 0.29) is 16.6 Å². The second-order valence-electron chi connectivity index (χ2n) is 8.83. The van der Waals surface area contributed by atoms with Crippen molar-refractivity contribution in [2.24, 2.45) is 11.3 Å². The molecule has 0 amide bonds. The standard InChI is InChI=1S/C18H32O2Si/c1-13-8-9-16(20-21(6,7)17(2,3)4)15-12-14(19)10-11-18(13,15)5/h12-13,16H,8-11H2,1-7H3/t13-,16+,18+/m1/s1. The van der Waals surface area contributed by atoms with E-state index >= 15 is 0 Å². The third-order valence-corrected chi connectivity index (χ3v) is 10.9. The van der Waals surface area contributed by atoms with Crippen LogP contribution in [0.3, 0.4) is 0 Å². The van der Waals surface area contributed by atoms with E-state index in [1.807, 2.05) is 6.08 Å². The fourth-order valence-electron chi connectivity index (χ4n) is 3.46. The van der Waals surface area contributed by atoms with E-state index in [0.717, 1.165) is 12.8 Å². The fraction of sp³-hybridized carbons (Fsp3) is 0.833. The summed E-state index contributed by atoms with van der Waals surface area (Å²) in [4.78, 5) is 12.0. The molecule has 2 rings (SSSR count). The van der Waals surface area contributed by atoms with Gasteiger partial charge in [0.1, 0.15) is 0 Å². The van der Waals surface area contributed by atoms with Crippen molar-refractivity contribution in [2.75, 3.05) is 0 Å². The fourth-order valence-corrected chi connectivity index (χ4v) is 4.77. The number of ketones is 1. The van der Waals surface area contributed by atoms with E-state index in [1.54, 1.807) is 0 Å². The highest BCUT2D eigenvalue weighted by Gasteiger charge is 2.48. The molecule has 0 saturated heterocycles. The van der Waals surface area contributed by atoms with Gasteiger partial charge in [0.05, 0.1) is 6.10 Å². The Hall–Kier alpha value is -0.413. The molecule has 2 aliphatic carbocycles. The van der Waals surface area contributed by atoms with E-state index in [2.05, 4.69) is 47.7 Å². The van der Waals surface area contributed by atoms with E-state index in [9.17, 15) is 4.79 Å². The number of carbonyl (C=O) groups excluding carboxylic acids is 1. The number of fused-ring (bicyclic) bond motifs is 1. The zero-order valence-corrected chi connectivity index (χ0v) is 15.9. The lowest BCUT2D eigenvalue weighted by atomic mass is 9.60. The topological polar surface area (TPSA) is 26.3 Å². The molecule has 3 heteroatoms. The number of hydrogen-bond donors (Lipinski definition) is 0. The van der Waals surface area contributed by atoms with E-state index in [1.165, 1.54) is 12.0 Å². The van der Waals surface area contributed by atoms with Crippen LogP contribution in [0, 0.1) is 11.3 Å². The van der Waals surface area contributed by atoms with Gasteiger partial charge in [-0.15, -0.1) is 0 Å². The van der Waals surface area contributed by atoms with Crippen molar-refractivity contribution in [3.8, 4) is 0 Å². The minimum atomic E-state index is -1.80. The third kappa shape index (κ3) is 3.05. The molecule has 0 aromatic heterocycles. The molecule has 3 atom stereocenters. The highest BCUT2D eigenvalue weighted by atomic mass is 28.4. The van der Waals surface area contributed by atoms with Gasteiger partial charge in [0.25, 0.3) is 0 Å². The molecule has 0 unspecified atom stereocenters. The smallest absolute Gasteiger partial charge is 0.192 e. The average Bonchev–Trinajstić information content (AvgIpc) is 2.34. The Labute approximate surface area is 131 Å². The number of allylic oxidation sites excluding steroid dienone is 1.